The van der Waals surface area contributed by atoms with Gasteiger partial charge in [0.25, 0.3) is 0 Å². The van der Waals surface area contributed by atoms with Crippen molar-refractivity contribution < 1.29 is 9.47 Å². The van der Waals surface area contributed by atoms with Gasteiger partial charge < -0.3 is 9.47 Å². The maximum absolute atomic E-state index is 5.49. The molecule has 0 spiro atoms. The van der Waals surface area contributed by atoms with Crippen molar-refractivity contribution in [2.75, 3.05) is 27.4 Å². The molecule has 0 aromatic carbocycles. The molecule has 0 aromatic heterocycles. The Morgan fingerprint density at radius 2 is 1.89 bits per heavy atom. The first-order valence-electron chi connectivity index (χ1n) is 7.36. The van der Waals surface area contributed by atoms with Crippen molar-refractivity contribution in [2.45, 2.75) is 39.0 Å². The third-order valence-electron chi connectivity index (χ3n) is 5.61. The molecule has 0 radical (unpaired) electrons. The highest BCUT2D eigenvalue weighted by Crippen LogP contribution is 2.60. The molecule has 0 aromatic rings. The van der Waals surface area contributed by atoms with E-state index in [1.165, 1.54) is 32.1 Å². The summed E-state index contributed by atoms with van der Waals surface area (Å²) in [7, 11) is 3.66. The van der Waals surface area contributed by atoms with E-state index in [1.54, 1.807) is 5.57 Å². The summed E-state index contributed by atoms with van der Waals surface area (Å²) in [6.45, 7) is 4.10. The van der Waals surface area contributed by atoms with Crippen LogP contribution in [0.25, 0.3) is 0 Å². The van der Waals surface area contributed by atoms with Crippen molar-refractivity contribution in [1.29, 1.82) is 0 Å². The SMILES string of the molecule is COCC1(COC)C[C@H]2C[C@@H]3CCC(C)=C3[C@H]2C1. The van der Waals surface area contributed by atoms with E-state index in [1.807, 2.05) is 19.8 Å². The lowest BCUT2D eigenvalue weighted by molar-refractivity contribution is 0.00957. The number of fused-ring (bicyclic) bond motifs is 3. The fraction of sp³-hybridized carbons (Fsp3) is 0.875. The lowest BCUT2D eigenvalue weighted by atomic mass is 9.83. The Morgan fingerprint density at radius 1 is 1.17 bits per heavy atom. The predicted octanol–water partition coefficient (Wildman–Crippen LogP) is 3.42. The quantitative estimate of drug-likeness (QED) is 0.712. The molecule has 2 nitrogen and oxygen atoms in total. The van der Waals surface area contributed by atoms with Gasteiger partial charge in [0.05, 0.1) is 13.2 Å². The van der Waals surface area contributed by atoms with Crippen LogP contribution in [0, 0.1) is 23.2 Å². The smallest absolute Gasteiger partial charge is 0.0541 e. The van der Waals surface area contributed by atoms with Crippen molar-refractivity contribution in [3.05, 3.63) is 11.1 Å². The number of ether oxygens (including phenoxy) is 2. The van der Waals surface area contributed by atoms with Crippen LogP contribution in [0.2, 0.25) is 0 Å². The first-order valence-corrected chi connectivity index (χ1v) is 7.36. The van der Waals surface area contributed by atoms with E-state index in [-0.39, 0.29) is 0 Å². The van der Waals surface area contributed by atoms with Crippen molar-refractivity contribution in [3.8, 4) is 0 Å². The van der Waals surface area contributed by atoms with Crippen molar-refractivity contribution >= 4 is 0 Å². The van der Waals surface area contributed by atoms with E-state index < -0.39 is 0 Å². The summed E-state index contributed by atoms with van der Waals surface area (Å²) < 4.78 is 11.0. The Kier molecular flexibility index (Phi) is 3.27. The van der Waals surface area contributed by atoms with Gasteiger partial charge >= 0.3 is 0 Å². The Bertz CT molecular complexity index is 352. The van der Waals surface area contributed by atoms with E-state index in [0.29, 0.717) is 5.41 Å². The molecule has 2 saturated carbocycles. The monoisotopic (exact) mass is 250 g/mol. The number of hydrogen-bond donors (Lipinski definition) is 0. The summed E-state index contributed by atoms with van der Waals surface area (Å²) in [6.07, 6.45) is 6.82. The molecule has 0 heterocycles. The molecule has 0 saturated heterocycles. The zero-order valence-corrected chi connectivity index (χ0v) is 12.0. The van der Waals surface area contributed by atoms with E-state index in [4.69, 9.17) is 9.47 Å². The fourth-order valence-electron chi connectivity index (χ4n) is 5.18. The molecular weight excluding hydrogens is 224 g/mol. The normalized spacial score (nSPS) is 37.2. The van der Waals surface area contributed by atoms with Crippen LogP contribution in [0.15, 0.2) is 11.1 Å². The van der Waals surface area contributed by atoms with Crippen LogP contribution in [0.4, 0.5) is 0 Å². The molecule has 3 aliphatic rings. The molecule has 3 aliphatic carbocycles. The van der Waals surface area contributed by atoms with Gasteiger partial charge in [0.15, 0.2) is 0 Å². The van der Waals surface area contributed by atoms with Crippen LogP contribution < -0.4 is 0 Å². The lowest BCUT2D eigenvalue weighted by Crippen LogP contribution is -2.29. The molecule has 0 N–H and O–H groups in total. The van der Waals surface area contributed by atoms with Gasteiger partial charge in [0.1, 0.15) is 0 Å². The minimum absolute atomic E-state index is 0.291. The second-order valence-electron chi connectivity index (χ2n) is 6.85. The van der Waals surface area contributed by atoms with Gasteiger partial charge in [-0.2, -0.15) is 0 Å². The summed E-state index contributed by atoms with van der Waals surface area (Å²) >= 11 is 0. The van der Waals surface area contributed by atoms with Gasteiger partial charge in [-0.25, -0.2) is 0 Å². The van der Waals surface area contributed by atoms with Gasteiger partial charge in [-0.3, -0.25) is 0 Å². The Labute approximate surface area is 111 Å². The Hall–Kier alpha value is -0.340. The highest BCUT2D eigenvalue weighted by atomic mass is 16.5. The van der Waals surface area contributed by atoms with Gasteiger partial charge in [0.2, 0.25) is 0 Å². The van der Waals surface area contributed by atoms with Crippen LogP contribution in [0.5, 0.6) is 0 Å². The summed E-state index contributed by atoms with van der Waals surface area (Å²) in [6, 6.07) is 0. The minimum Gasteiger partial charge on any atom is -0.384 e. The average molecular weight is 250 g/mol. The third kappa shape index (κ3) is 1.85. The van der Waals surface area contributed by atoms with Gasteiger partial charge in [-0.05, 0) is 56.8 Å². The summed E-state index contributed by atoms with van der Waals surface area (Å²) in [5.41, 5.74) is 3.84. The zero-order valence-electron chi connectivity index (χ0n) is 12.0. The van der Waals surface area contributed by atoms with E-state index in [0.717, 1.165) is 31.0 Å². The Morgan fingerprint density at radius 3 is 2.56 bits per heavy atom. The molecule has 0 aliphatic heterocycles. The van der Waals surface area contributed by atoms with Crippen LogP contribution >= 0.6 is 0 Å². The molecule has 18 heavy (non-hydrogen) atoms. The maximum Gasteiger partial charge on any atom is 0.0541 e. The zero-order chi connectivity index (χ0) is 12.8. The highest BCUT2D eigenvalue weighted by molar-refractivity contribution is 5.30. The maximum atomic E-state index is 5.49. The second-order valence-corrected chi connectivity index (χ2v) is 6.85. The number of allylic oxidation sites excluding steroid dienone is 2. The Balaban J connectivity index is 1.81. The van der Waals surface area contributed by atoms with Gasteiger partial charge in [-0.15, -0.1) is 0 Å². The molecule has 0 bridgehead atoms. The van der Waals surface area contributed by atoms with Gasteiger partial charge in [0, 0.05) is 19.6 Å². The number of rotatable bonds is 4. The third-order valence-corrected chi connectivity index (χ3v) is 5.61. The number of hydrogen-bond acceptors (Lipinski definition) is 2. The minimum atomic E-state index is 0.291. The van der Waals surface area contributed by atoms with Crippen LogP contribution in [0.3, 0.4) is 0 Å². The van der Waals surface area contributed by atoms with Crippen LogP contribution in [0.1, 0.15) is 39.0 Å². The van der Waals surface area contributed by atoms with Crippen LogP contribution in [-0.2, 0) is 9.47 Å². The molecule has 102 valence electrons. The molecular formula is C16H26O2. The summed E-state index contributed by atoms with van der Waals surface area (Å²) in [5.74, 6) is 2.69. The molecule has 2 heteroatoms. The van der Waals surface area contributed by atoms with Gasteiger partial charge in [-0.1, -0.05) is 11.1 Å². The topological polar surface area (TPSA) is 18.5 Å². The van der Waals surface area contributed by atoms with Crippen LogP contribution in [-0.4, -0.2) is 27.4 Å². The first kappa shape index (κ1) is 12.7. The fourth-order valence-corrected chi connectivity index (χ4v) is 5.18. The lowest BCUT2D eigenvalue weighted by Gasteiger charge is -2.29. The van der Waals surface area contributed by atoms with Crippen molar-refractivity contribution in [2.24, 2.45) is 23.2 Å². The molecule has 3 atom stereocenters. The van der Waals surface area contributed by atoms with E-state index in [9.17, 15) is 0 Å². The molecule has 0 unspecified atom stereocenters. The van der Waals surface area contributed by atoms with E-state index in [2.05, 4.69) is 6.92 Å². The van der Waals surface area contributed by atoms with Crippen molar-refractivity contribution in [3.63, 3.8) is 0 Å². The second kappa shape index (κ2) is 4.64. The highest BCUT2D eigenvalue weighted by Gasteiger charge is 2.52. The molecule has 3 rings (SSSR count). The first-order chi connectivity index (χ1) is 8.69. The average Bonchev–Trinajstić information content (AvgIpc) is 2.91. The standard InChI is InChI=1S/C16H26O2/c1-11-4-5-12-6-13-7-16(9-17-2,10-18-3)8-14(13)15(11)12/h12-14H,4-10H2,1-3H3/t12-,13+,14-/m0/s1. The predicted molar refractivity (Wildman–Crippen MR) is 72.4 cm³/mol. The summed E-state index contributed by atoms with van der Waals surface area (Å²) in [5, 5.41) is 0. The molecule has 0 amide bonds. The van der Waals surface area contributed by atoms with Crippen molar-refractivity contribution in [1.82, 2.24) is 0 Å². The largest absolute Gasteiger partial charge is 0.384 e. The summed E-state index contributed by atoms with van der Waals surface area (Å²) in [4.78, 5) is 0. The van der Waals surface area contributed by atoms with E-state index >= 15 is 0 Å². The number of methoxy groups -OCH3 is 2. The molecule has 2 fully saturated rings.